The van der Waals surface area contributed by atoms with E-state index in [0.29, 0.717) is 11.5 Å². The van der Waals surface area contributed by atoms with Crippen LogP contribution in [-0.2, 0) is 4.79 Å². The first-order valence-corrected chi connectivity index (χ1v) is 7.10. The summed E-state index contributed by atoms with van der Waals surface area (Å²) in [6.45, 7) is 0. The molecule has 0 bridgehead atoms. The molecule has 0 saturated heterocycles. The van der Waals surface area contributed by atoms with Crippen molar-refractivity contribution in [3.05, 3.63) is 31.0 Å². The van der Waals surface area contributed by atoms with Gasteiger partial charge in [-0.15, -0.1) is 24.8 Å². The Morgan fingerprint density at radius 2 is 2.17 bits per heavy atom. The van der Waals surface area contributed by atoms with Gasteiger partial charge in [0.25, 0.3) is 0 Å². The van der Waals surface area contributed by atoms with E-state index in [1.807, 2.05) is 6.07 Å². The lowest BCUT2D eigenvalue weighted by Crippen LogP contribution is -2.34. The molecule has 3 N–H and O–H groups in total. The predicted octanol–water partition coefficient (Wildman–Crippen LogP) is 1.96. The highest BCUT2D eigenvalue weighted by Gasteiger charge is 2.26. The number of hydrogen-bond acceptors (Lipinski definition) is 5. The molecule has 2 atom stereocenters. The highest BCUT2D eigenvalue weighted by Crippen LogP contribution is 2.25. The molecule has 9 heteroatoms. The van der Waals surface area contributed by atoms with Crippen LogP contribution in [0.3, 0.4) is 0 Å². The second-order valence-corrected chi connectivity index (χ2v) is 5.33. The smallest absolute Gasteiger partial charge is 0.227 e. The van der Waals surface area contributed by atoms with Gasteiger partial charge in [0.15, 0.2) is 5.82 Å². The number of hydrogen-bond donors (Lipinski definition) is 2. The van der Waals surface area contributed by atoms with E-state index in [1.54, 1.807) is 18.6 Å². The monoisotopic (exact) mass is 358 g/mol. The Kier molecular flexibility index (Phi) is 7.41. The van der Waals surface area contributed by atoms with Crippen LogP contribution >= 0.6 is 24.8 Å². The summed E-state index contributed by atoms with van der Waals surface area (Å²) in [5.41, 5.74) is 6.58. The molecule has 0 aliphatic heterocycles. The van der Waals surface area contributed by atoms with Gasteiger partial charge in [-0.05, 0) is 31.4 Å². The summed E-state index contributed by atoms with van der Waals surface area (Å²) in [5.74, 6) is 0.528. The third-order valence-corrected chi connectivity index (χ3v) is 3.77. The Morgan fingerprint density at radius 3 is 2.87 bits per heavy atom. The van der Waals surface area contributed by atoms with Gasteiger partial charge < -0.3 is 11.1 Å². The zero-order valence-electron chi connectivity index (χ0n) is 12.5. The molecule has 0 spiro atoms. The van der Waals surface area contributed by atoms with E-state index < -0.39 is 0 Å². The van der Waals surface area contributed by atoms with E-state index >= 15 is 0 Å². The second kappa shape index (κ2) is 8.81. The van der Waals surface area contributed by atoms with Crippen LogP contribution in [0, 0.1) is 5.92 Å². The summed E-state index contributed by atoms with van der Waals surface area (Å²) in [5, 5.41) is 6.99. The van der Waals surface area contributed by atoms with Gasteiger partial charge in [0.05, 0.1) is 5.69 Å². The molecule has 0 radical (unpaired) electrons. The molecule has 1 saturated carbocycles. The Morgan fingerprint density at radius 1 is 1.35 bits per heavy atom. The van der Waals surface area contributed by atoms with Gasteiger partial charge in [-0.1, -0.05) is 6.42 Å². The van der Waals surface area contributed by atoms with Crippen molar-refractivity contribution in [2.75, 3.05) is 5.32 Å². The van der Waals surface area contributed by atoms with Gasteiger partial charge in [0, 0.05) is 18.2 Å². The Balaban J connectivity index is 0.00000132. The molecule has 2 aromatic rings. The van der Waals surface area contributed by atoms with Gasteiger partial charge in [0.2, 0.25) is 5.91 Å². The Labute approximate surface area is 146 Å². The van der Waals surface area contributed by atoms with E-state index in [1.165, 1.54) is 11.0 Å². The van der Waals surface area contributed by atoms with Crippen molar-refractivity contribution in [3.8, 4) is 5.82 Å². The van der Waals surface area contributed by atoms with E-state index in [2.05, 4.69) is 20.4 Å². The molecule has 126 valence electrons. The average molecular weight is 359 g/mol. The van der Waals surface area contributed by atoms with Crippen molar-refractivity contribution in [1.82, 2.24) is 19.7 Å². The topological polar surface area (TPSA) is 98.7 Å². The number of pyridine rings is 1. The average Bonchev–Trinajstić information content (AvgIpc) is 3.02. The number of carbonyl (C=O) groups excluding carboxylic acids is 1. The molecule has 1 aliphatic rings. The van der Waals surface area contributed by atoms with Crippen LogP contribution in [0.15, 0.2) is 31.0 Å². The fraction of sp³-hybridized carbons (Fsp3) is 0.429. The minimum atomic E-state index is -0.0300. The summed E-state index contributed by atoms with van der Waals surface area (Å²) in [7, 11) is 0. The molecule has 7 nitrogen and oxygen atoms in total. The number of halogens is 2. The molecule has 2 unspecified atom stereocenters. The molecule has 23 heavy (non-hydrogen) atoms. The lowest BCUT2D eigenvalue weighted by atomic mass is 9.85. The molecule has 1 amide bonds. The molecular formula is C14H20Cl2N6O. The maximum atomic E-state index is 12.4. The van der Waals surface area contributed by atoms with Crippen molar-refractivity contribution in [1.29, 1.82) is 0 Å². The number of carbonyl (C=O) groups is 1. The number of anilines is 1. The van der Waals surface area contributed by atoms with Crippen LogP contribution < -0.4 is 11.1 Å². The van der Waals surface area contributed by atoms with E-state index in [0.717, 1.165) is 25.7 Å². The molecule has 2 heterocycles. The highest BCUT2D eigenvalue weighted by molar-refractivity contribution is 5.94. The molecule has 3 rings (SSSR count). The largest absolute Gasteiger partial charge is 0.328 e. The van der Waals surface area contributed by atoms with Gasteiger partial charge in [-0.2, -0.15) is 5.10 Å². The minimum Gasteiger partial charge on any atom is -0.328 e. The predicted molar refractivity (Wildman–Crippen MR) is 92.2 cm³/mol. The number of nitrogens with one attached hydrogen (secondary N) is 1. The third-order valence-electron chi connectivity index (χ3n) is 3.77. The van der Waals surface area contributed by atoms with Crippen LogP contribution in [0.2, 0.25) is 0 Å². The summed E-state index contributed by atoms with van der Waals surface area (Å²) >= 11 is 0. The Hall–Kier alpha value is -1.70. The normalized spacial score (nSPS) is 20.0. The second-order valence-electron chi connectivity index (χ2n) is 5.33. The lowest BCUT2D eigenvalue weighted by Gasteiger charge is -2.25. The van der Waals surface area contributed by atoms with Crippen LogP contribution in [0.25, 0.3) is 5.82 Å². The molecule has 0 aromatic carbocycles. The van der Waals surface area contributed by atoms with Crippen molar-refractivity contribution in [2.45, 2.75) is 31.7 Å². The van der Waals surface area contributed by atoms with E-state index in [9.17, 15) is 4.79 Å². The van der Waals surface area contributed by atoms with Crippen LogP contribution in [0.4, 0.5) is 5.69 Å². The number of rotatable bonds is 3. The maximum Gasteiger partial charge on any atom is 0.227 e. The van der Waals surface area contributed by atoms with Gasteiger partial charge in [-0.25, -0.2) is 14.6 Å². The molecular weight excluding hydrogens is 339 g/mol. The number of nitrogens with two attached hydrogens (primary N) is 1. The summed E-state index contributed by atoms with van der Waals surface area (Å²) in [6, 6.07) is 3.71. The van der Waals surface area contributed by atoms with Crippen LogP contribution in [0.1, 0.15) is 25.7 Å². The SMILES string of the molecule is Cl.Cl.NC1CCCC(C(=O)Nc2cccnc2-n2cncn2)C1. The lowest BCUT2D eigenvalue weighted by molar-refractivity contribution is -0.120. The quantitative estimate of drug-likeness (QED) is 0.873. The summed E-state index contributed by atoms with van der Waals surface area (Å²) in [4.78, 5) is 20.6. The number of aromatic nitrogens is 4. The molecule has 1 aliphatic carbocycles. The fourth-order valence-electron chi connectivity index (χ4n) is 2.70. The first kappa shape index (κ1) is 19.3. The first-order valence-electron chi connectivity index (χ1n) is 7.10. The van der Waals surface area contributed by atoms with Crippen LogP contribution in [-0.4, -0.2) is 31.7 Å². The van der Waals surface area contributed by atoms with Crippen molar-refractivity contribution < 1.29 is 4.79 Å². The van der Waals surface area contributed by atoms with Crippen LogP contribution in [0.5, 0.6) is 0 Å². The zero-order chi connectivity index (χ0) is 14.7. The fourth-order valence-corrected chi connectivity index (χ4v) is 2.70. The molecule has 1 fully saturated rings. The van der Waals surface area contributed by atoms with Crippen molar-refractivity contribution in [3.63, 3.8) is 0 Å². The van der Waals surface area contributed by atoms with Gasteiger partial charge in [-0.3, -0.25) is 4.79 Å². The van der Waals surface area contributed by atoms with Crippen molar-refractivity contribution in [2.24, 2.45) is 11.7 Å². The standard InChI is InChI=1S/C14H18N6O.2ClH/c15-11-4-1-3-10(7-11)14(21)19-12-5-2-6-17-13(12)20-9-16-8-18-20;;/h2,5-6,8-11H,1,3-4,7,15H2,(H,19,21);2*1H. The van der Waals surface area contributed by atoms with Gasteiger partial charge in [0.1, 0.15) is 12.7 Å². The first-order chi connectivity index (χ1) is 10.2. The summed E-state index contributed by atoms with van der Waals surface area (Å²) < 4.78 is 1.53. The number of amides is 1. The van der Waals surface area contributed by atoms with E-state index in [4.69, 9.17) is 5.73 Å². The van der Waals surface area contributed by atoms with E-state index in [-0.39, 0.29) is 42.7 Å². The third kappa shape index (κ3) is 4.63. The zero-order valence-corrected chi connectivity index (χ0v) is 14.1. The highest BCUT2D eigenvalue weighted by atomic mass is 35.5. The Bertz CT molecular complexity index is 621. The minimum absolute atomic E-state index is 0. The van der Waals surface area contributed by atoms with Gasteiger partial charge >= 0.3 is 0 Å². The maximum absolute atomic E-state index is 12.4. The number of nitrogens with zero attached hydrogens (tertiary/aromatic N) is 4. The van der Waals surface area contributed by atoms with Crippen molar-refractivity contribution >= 4 is 36.4 Å². The summed E-state index contributed by atoms with van der Waals surface area (Å²) in [6.07, 6.45) is 8.27. The molecule has 2 aromatic heterocycles.